The van der Waals surface area contributed by atoms with E-state index >= 15 is 0 Å². The van der Waals surface area contributed by atoms with E-state index in [1.807, 2.05) is 22.7 Å². The van der Waals surface area contributed by atoms with E-state index in [-0.39, 0.29) is 5.41 Å². The van der Waals surface area contributed by atoms with Crippen LogP contribution in [0.4, 0.5) is 0 Å². The van der Waals surface area contributed by atoms with Crippen LogP contribution in [0.25, 0.3) is 128 Å². The maximum absolute atomic E-state index is 2.51. The molecule has 0 saturated heterocycles. The zero-order chi connectivity index (χ0) is 41.3. The summed E-state index contributed by atoms with van der Waals surface area (Å²) in [5.74, 6) is 0. The second-order valence-corrected chi connectivity index (χ2v) is 20.2. The van der Waals surface area contributed by atoms with Gasteiger partial charge in [-0.05, 0) is 106 Å². The average molecular weight is 837 g/mol. The molecule has 14 aromatic rings. The van der Waals surface area contributed by atoms with E-state index in [1.165, 1.54) is 139 Å². The van der Waals surface area contributed by atoms with E-state index < -0.39 is 0 Å². The lowest BCUT2D eigenvalue weighted by molar-refractivity contribution is 0.659. The van der Waals surface area contributed by atoms with Gasteiger partial charge in [0, 0.05) is 89.5 Å². The molecule has 1 aliphatic carbocycles. The van der Waals surface area contributed by atoms with Crippen molar-refractivity contribution >= 4 is 128 Å². The van der Waals surface area contributed by atoms with E-state index in [0.29, 0.717) is 0 Å². The number of hydrogen-bond acceptors (Lipinski definition) is 2. The highest BCUT2D eigenvalue weighted by Gasteiger charge is 2.36. The van der Waals surface area contributed by atoms with Crippen LogP contribution in [0.3, 0.4) is 0 Å². The number of aromatic nitrogens is 2. The largest absolute Gasteiger partial charge is 0.309 e. The summed E-state index contributed by atoms with van der Waals surface area (Å²) < 4.78 is 10.4. The number of hydrogen-bond donors (Lipinski definition) is 0. The van der Waals surface area contributed by atoms with Crippen molar-refractivity contribution < 1.29 is 0 Å². The van der Waals surface area contributed by atoms with Gasteiger partial charge in [0.1, 0.15) is 0 Å². The SMILES string of the molecule is CC1(C)c2cc(-n3c4ccccc4c4cc5ccc6c7ccccc7sc6c5cc43)ccc2-c2ccc(-n3c4ccccc4c4cc5ccc6c7ccccc7sc6c5cc43)cc21. The Hall–Kier alpha value is -7.24. The summed E-state index contributed by atoms with van der Waals surface area (Å²) in [7, 11) is 0. The molecule has 0 atom stereocenters. The molecule has 294 valence electrons. The lowest BCUT2D eigenvalue weighted by Gasteiger charge is -2.23. The van der Waals surface area contributed by atoms with Crippen LogP contribution in [0.15, 0.2) is 182 Å². The fourth-order valence-electron chi connectivity index (χ4n) is 11.5. The first-order chi connectivity index (χ1) is 31.0. The van der Waals surface area contributed by atoms with Crippen LogP contribution >= 0.6 is 22.7 Å². The number of rotatable bonds is 2. The second-order valence-electron chi connectivity index (χ2n) is 18.1. The van der Waals surface area contributed by atoms with E-state index in [4.69, 9.17) is 0 Å². The fraction of sp³-hybridized carbons (Fsp3) is 0.0508. The summed E-state index contributed by atoms with van der Waals surface area (Å²) in [4.78, 5) is 0. The molecule has 1 aliphatic rings. The first-order valence-electron chi connectivity index (χ1n) is 21.8. The molecule has 4 heterocycles. The Morgan fingerprint density at radius 3 is 1.24 bits per heavy atom. The molecule has 4 heteroatoms. The molecule has 0 saturated carbocycles. The topological polar surface area (TPSA) is 9.86 Å². The highest BCUT2D eigenvalue weighted by atomic mass is 32.1. The Morgan fingerprint density at radius 1 is 0.333 bits per heavy atom. The maximum Gasteiger partial charge on any atom is 0.0547 e. The summed E-state index contributed by atoms with van der Waals surface area (Å²) in [5, 5.41) is 15.7. The van der Waals surface area contributed by atoms with E-state index in [1.54, 1.807) is 0 Å². The van der Waals surface area contributed by atoms with Crippen LogP contribution in [0, 0.1) is 0 Å². The molecular weight excluding hydrogens is 801 g/mol. The third-order valence-electron chi connectivity index (χ3n) is 14.5. The third kappa shape index (κ3) is 4.47. The van der Waals surface area contributed by atoms with Gasteiger partial charge in [-0.1, -0.05) is 123 Å². The molecule has 0 amide bonds. The second kappa shape index (κ2) is 12.0. The summed E-state index contributed by atoms with van der Waals surface area (Å²) in [5.41, 5.74) is 12.5. The minimum Gasteiger partial charge on any atom is -0.309 e. The number of nitrogens with zero attached hydrogens (tertiary/aromatic N) is 2. The molecule has 0 fully saturated rings. The van der Waals surface area contributed by atoms with Gasteiger partial charge >= 0.3 is 0 Å². The molecule has 63 heavy (non-hydrogen) atoms. The number of para-hydroxylation sites is 2. The van der Waals surface area contributed by atoms with Gasteiger partial charge in [-0.3, -0.25) is 0 Å². The van der Waals surface area contributed by atoms with Crippen LogP contribution in [0.2, 0.25) is 0 Å². The molecule has 0 radical (unpaired) electrons. The van der Waals surface area contributed by atoms with Crippen molar-refractivity contribution in [2.24, 2.45) is 0 Å². The molecule has 0 unspecified atom stereocenters. The van der Waals surface area contributed by atoms with Crippen molar-refractivity contribution in [2.75, 3.05) is 0 Å². The molecule has 10 aromatic carbocycles. The Kier molecular flexibility index (Phi) is 6.55. The first kappa shape index (κ1) is 34.4. The van der Waals surface area contributed by atoms with Crippen LogP contribution in [-0.4, -0.2) is 9.13 Å². The molecule has 4 aromatic heterocycles. The van der Waals surface area contributed by atoms with Gasteiger partial charge in [0.15, 0.2) is 0 Å². The molecular formula is C59H36N2S2. The summed E-state index contributed by atoms with van der Waals surface area (Å²) in [6.07, 6.45) is 0. The van der Waals surface area contributed by atoms with E-state index in [2.05, 4.69) is 205 Å². The van der Waals surface area contributed by atoms with Gasteiger partial charge in [-0.2, -0.15) is 0 Å². The summed E-state index contributed by atoms with van der Waals surface area (Å²) in [6, 6.07) is 69.0. The quantitative estimate of drug-likeness (QED) is 0.164. The van der Waals surface area contributed by atoms with Gasteiger partial charge in [0.05, 0.1) is 22.1 Å². The van der Waals surface area contributed by atoms with E-state index in [9.17, 15) is 0 Å². The molecule has 0 bridgehead atoms. The Morgan fingerprint density at radius 2 is 0.762 bits per heavy atom. The average Bonchev–Trinajstić information content (AvgIpc) is 4.11. The zero-order valence-corrected chi connectivity index (χ0v) is 36.2. The van der Waals surface area contributed by atoms with Gasteiger partial charge in [0.25, 0.3) is 0 Å². The Bertz CT molecular complexity index is 4080. The van der Waals surface area contributed by atoms with Crippen LogP contribution in [-0.2, 0) is 5.41 Å². The third-order valence-corrected chi connectivity index (χ3v) is 16.9. The molecule has 2 nitrogen and oxygen atoms in total. The number of fused-ring (bicyclic) bond motifs is 19. The Labute approximate surface area is 370 Å². The minimum atomic E-state index is -0.222. The fourth-order valence-corrected chi connectivity index (χ4v) is 13.9. The van der Waals surface area contributed by atoms with Crippen LogP contribution < -0.4 is 0 Å². The van der Waals surface area contributed by atoms with Crippen molar-refractivity contribution in [1.29, 1.82) is 0 Å². The van der Waals surface area contributed by atoms with Gasteiger partial charge in [0.2, 0.25) is 0 Å². The van der Waals surface area contributed by atoms with Gasteiger partial charge < -0.3 is 9.13 Å². The number of thiophene rings is 2. The first-order valence-corrected chi connectivity index (χ1v) is 23.5. The van der Waals surface area contributed by atoms with Crippen molar-refractivity contribution in [1.82, 2.24) is 9.13 Å². The summed E-state index contributed by atoms with van der Waals surface area (Å²) >= 11 is 3.82. The van der Waals surface area contributed by atoms with Gasteiger partial charge in [-0.15, -0.1) is 22.7 Å². The molecule has 0 aliphatic heterocycles. The monoisotopic (exact) mass is 836 g/mol. The number of benzene rings is 10. The van der Waals surface area contributed by atoms with Crippen molar-refractivity contribution in [3.05, 3.63) is 193 Å². The highest BCUT2D eigenvalue weighted by molar-refractivity contribution is 7.27. The van der Waals surface area contributed by atoms with Gasteiger partial charge in [-0.25, -0.2) is 0 Å². The lowest BCUT2D eigenvalue weighted by atomic mass is 9.82. The summed E-state index contributed by atoms with van der Waals surface area (Å²) in [6.45, 7) is 4.83. The highest BCUT2D eigenvalue weighted by Crippen LogP contribution is 2.51. The van der Waals surface area contributed by atoms with Crippen LogP contribution in [0.1, 0.15) is 25.0 Å². The zero-order valence-electron chi connectivity index (χ0n) is 34.5. The normalized spacial score (nSPS) is 13.7. The van der Waals surface area contributed by atoms with E-state index in [0.717, 1.165) is 0 Å². The maximum atomic E-state index is 2.51. The lowest BCUT2D eigenvalue weighted by Crippen LogP contribution is -2.16. The smallest absolute Gasteiger partial charge is 0.0547 e. The van der Waals surface area contributed by atoms with Crippen molar-refractivity contribution in [3.8, 4) is 22.5 Å². The molecule has 0 spiro atoms. The molecule has 0 N–H and O–H groups in total. The van der Waals surface area contributed by atoms with Crippen molar-refractivity contribution in [3.63, 3.8) is 0 Å². The minimum absolute atomic E-state index is 0.222. The Balaban J connectivity index is 0.916. The predicted molar refractivity (Wildman–Crippen MR) is 273 cm³/mol. The van der Waals surface area contributed by atoms with Crippen LogP contribution in [0.5, 0.6) is 0 Å². The predicted octanol–water partition coefficient (Wildman–Crippen LogP) is 17.2. The van der Waals surface area contributed by atoms with Crippen molar-refractivity contribution in [2.45, 2.75) is 19.3 Å². The standard InChI is InChI=1S/C59H36N2S2/c1-59(2)49-29-35(60-51-15-7-3-11-39(51)47-27-33-19-23-43-41-13-5-9-17-55(41)62-57(43)45(33)31-53(47)60)21-25-37(49)38-26-22-36(30-50(38)59)61-52-16-8-4-12-40(52)48-28-34-20-24-44-42-14-6-10-18-56(42)63-58(44)46(34)32-54(48)61/h3-32H,1-2H3. The molecule has 15 rings (SSSR count).